The molecule has 0 amide bonds. The Balaban J connectivity index is 2.10. The SMILES string of the molecule is OC(c1ccccc1)c1c[nH]c2cc(Br)ccc12. The molecule has 90 valence electrons. The van der Waals surface area contributed by atoms with Crippen molar-refractivity contribution in [2.75, 3.05) is 0 Å². The van der Waals surface area contributed by atoms with Crippen LogP contribution in [0.1, 0.15) is 17.2 Å². The number of fused-ring (bicyclic) bond motifs is 1. The zero-order valence-corrected chi connectivity index (χ0v) is 11.2. The highest BCUT2D eigenvalue weighted by Crippen LogP contribution is 2.30. The number of aromatic nitrogens is 1. The zero-order valence-electron chi connectivity index (χ0n) is 9.60. The first kappa shape index (κ1) is 11.5. The van der Waals surface area contributed by atoms with Crippen LogP contribution in [0.25, 0.3) is 10.9 Å². The number of rotatable bonds is 2. The lowest BCUT2D eigenvalue weighted by molar-refractivity contribution is 0.222. The van der Waals surface area contributed by atoms with Crippen LogP contribution in [0.15, 0.2) is 59.2 Å². The molecule has 3 rings (SSSR count). The summed E-state index contributed by atoms with van der Waals surface area (Å²) in [5.74, 6) is 0. The van der Waals surface area contributed by atoms with Crippen LogP contribution in [0.3, 0.4) is 0 Å². The van der Waals surface area contributed by atoms with E-state index in [1.54, 1.807) is 0 Å². The van der Waals surface area contributed by atoms with E-state index >= 15 is 0 Å². The van der Waals surface area contributed by atoms with Gasteiger partial charge in [0.15, 0.2) is 0 Å². The lowest BCUT2D eigenvalue weighted by Crippen LogP contribution is -1.97. The van der Waals surface area contributed by atoms with Crippen molar-refractivity contribution >= 4 is 26.8 Å². The van der Waals surface area contributed by atoms with Gasteiger partial charge in [0, 0.05) is 27.1 Å². The molecule has 18 heavy (non-hydrogen) atoms. The van der Waals surface area contributed by atoms with Crippen LogP contribution in [0.4, 0.5) is 0 Å². The number of hydrogen-bond donors (Lipinski definition) is 2. The van der Waals surface area contributed by atoms with E-state index in [1.807, 2.05) is 54.7 Å². The molecular weight excluding hydrogens is 290 g/mol. The first-order chi connectivity index (χ1) is 8.75. The summed E-state index contributed by atoms with van der Waals surface area (Å²) >= 11 is 3.44. The normalized spacial score (nSPS) is 12.8. The van der Waals surface area contributed by atoms with Gasteiger partial charge < -0.3 is 10.1 Å². The molecule has 0 radical (unpaired) electrons. The summed E-state index contributed by atoms with van der Waals surface area (Å²) in [6, 6.07) is 15.7. The van der Waals surface area contributed by atoms with Gasteiger partial charge in [-0.25, -0.2) is 0 Å². The van der Waals surface area contributed by atoms with E-state index in [4.69, 9.17) is 0 Å². The summed E-state index contributed by atoms with van der Waals surface area (Å²) in [6.07, 6.45) is 1.27. The van der Waals surface area contributed by atoms with Crippen LogP contribution in [0, 0.1) is 0 Å². The molecule has 0 aliphatic heterocycles. The molecule has 0 saturated carbocycles. The number of aliphatic hydroxyl groups is 1. The molecule has 0 saturated heterocycles. The molecule has 2 nitrogen and oxygen atoms in total. The van der Waals surface area contributed by atoms with Crippen LogP contribution in [-0.2, 0) is 0 Å². The molecule has 2 N–H and O–H groups in total. The van der Waals surface area contributed by atoms with Crippen molar-refractivity contribution in [2.24, 2.45) is 0 Å². The van der Waals surface area contributed by atoms with E-state index in [0.717, 1.165) is 26.5 Å². The molecule has 1 heterocycles. The topological polar surface area (TPSA) is 36.0 Å². The third kappa shape index (κ3) is 1.96. The van der Waals surface area contributed by atoms with Crippen molar-refractivity contribution < 1.29 is 5.11 Å². The third-order valence-electron chi connectivity index (χ3n) is 3.09. The summed E-state index contributed by atoms with van der Waals surface area (Å²) < 4.78 is 1.03. The van der Waals surface area contributed by atoms with Crippen LogP contribution >= 0.6 is 15.9 Å². The highest BCUT2D eigenvalue weighted by molar-refractivity contribution is 9.10. The minimum absolute atomic E-state index is 0.596. The van der Waals surface area contributed by atoms with Crippen molar-refractivity contribution in [3.05, 3.63) is 70.3 Å². The highest BCUT2D eigenvalue weighted by Gasteiger charge is 2.14. The van der Waals surface area contributed by atoms with Gasteiger partial charge in [-0.1, -0.05) is 52.3 Å². The van der Waals surface area contributed by atoms with Gasteiger partial charge in [0.2, 0.25) is 0 Å². The smallest absolute Gasteiger partial charge is 0.106 e. The average Bonchev–Trinajstić information content (AvgIpc) is 2.81. The van der Waals surface area contributed by atoms with Gasteiger partial charge in [-0.15, -0.1) is 0 Å². The fraction of sp³-hybridized carbons (Fsp3) is 0.0667. The van der Waals surface area contributed by atoms with Crippen molar-refractivity contribution in [2.45, 2.75) is 6.10 Å². The number of H-pyrrole nitrogens is 1. The van der Waals surface area contributed by atoms with Gasteiger partial charge in [-0.3, -0.25) is 0 Å². The lowest BCUT2D eigenvalue weighted by atomic mass is 10.0. The molecule has 1 atom stereocenters. The number of aliphatic hydroxyl groups excluding tert-OH is 1. The van der Waals surface area contributed by atoms with Gasteiger partial charge in [0.05, 0.1) is 0 Å². The van der Waals surface area contributed by atoms with Gasteiger partial charge in [-0.2, -0.15) is 0 Å². The Morgan fingerprint density at radius 1 is 1.06 bits per heavy atom. The van der Waals surface area contributed by atoms with Crippen LogP contribution < -0.4 is 0 Å². The number of halogens is 1. The second-order valence-electron chi connectivity index (χ2n) is 4.25. The molecule has 0 aliphatic rings. The second-order valence-corrected chi connectivity index (χ2v) is 5.16. The monoisotopic (exact) mass is 301 g/mol. The van der Waals surface area contributed by atoms with E-state index in [2.05, 4.69) is 20.9 Å². The maximum Gasteiger partial charge on any atom is 0.106 e. The summed E-state index contributed by atoms with van der Waals surface area (Å²) in [5, 5.41) is 11.5. The van der Waals surface area contributed by atoms with Crippen molar-refractivity contribution in [3.8, 4) is 0 Å². The standard InChI is InChI=1S/C15H12BrNO/c16-11-6-7-12-13(9-17-14(12)8-11)15(18)10-4-2-1-3-5-10/h1-9,15,17-18H. The highest BCUT2D eigenvalue weighted by atomic mass is 79.9. The summed E-state index contributed by atoms with van der Waals surface area (Å²) in [4.78, 5) is 3.19. The minimum atomic E-state index is -0.596. The van der Waals surface area contributed by atoms with Gasteiger partial charge in [0.25, 0.3) is 0 Å². The van der Waals surface area contributed by atoms with E-state index < -0.39 is 6.10 Å². The molecule has 1 aromatic heterocycles. The number of nitrogens with one attached hydrogen (secondary N) is 1. The third-order valence-corrected chi connectivity index (χ3v) is 3.58. The van der Waals surface area contributed by atoms with E-state index in [1.165, 1.54) is 0 Å². The van der Waals surface area contributed by atoms with Crippen LogP contribution in [-0.4, -0.2) is 10.1 Å². The van der Waals surface area contributed by atoms with Gasteiger partial charge in [0.1, 0.15) is 6.10 Å². The molecule has 2 aromatic carbocycles. The number of aromatic amines is 1. The maximum atomic E-state index is 10.4. The fourth-order valence-corrected chi connectivity index (χ4v) is 2.52. The van der Waals surface area contributed by atoms with E-state index in [-0.39, 0.29) is 0 Å². The maximum absolute atomic E-state index is 10.4. The molecule has 3 heteroatoms. The Morgan fingerprint density at radius 2 is 1.83 bits per heavy atom. The predicted molar refractivity (Wildman–Crippen MR) is 76.5 cm³/mol. The second kappa shape index (κ2) is 4.59. The van der Waals surface area contributed by atoms with Crippen molar-refractivity contribution in [3.63, 3.8) is 0 Å². The zero-order chi connectivity index (χ0) is 12.5. The van der Waals surface area contributed by atoms with E-state index in [0.29, 0.717) is 0 Å². The number of benzene rings is 2. The van der Waals surface area contributed by atoms with Crippen LogP contribution in [0.5, 0.6) is 0 Å². The minimum Gasteiger partial charge on any atom is -0.384 e. The number of hydrogen-bond acceptors (Lipinski definition) is 1. The van der Waals surface area contributed by atoms with Crippen molar-refractivity contribution in [1.82, 2.24) is 4.98 Å². The molecule has 0 aliphatic carbocycles. The molecule has 1 unspecified atom stereocenters. The molecule has 0 spiro atoms. The van der Waals surface area contributed by atoms with Crippen molar-refractivity contribution in [1.29, 1.82) is 0 Å². The summed E-state index contributed by atoms with van der Waals surface area (Å²) in [7, 11) is 0. The van der Waals surface area contributed by atoms with E-state index in [9.17, 15) is 5.11 Å². The predicted octanol–water partition coefficient (Wildman–Crippen LogP) is 4.01. The lowest BCUT2D eigenvalue weighted by Gasteiger charge is -2.09. The molecule has 3 aromatic rings. The Morgan fingerprint density at radius 3 is 2.61 bits per heavy atom. The fourth-order valence-electron chi connectivity index (χ4n) is 2.16. The Bertz CT molecular complexity index is 675. The van der Waals surface area contributed by atoms with Gasteiger partial charge in [-0.05, 0) is 17.7 Å². The largest absolute Gasteiger partial charge is 0.384 e. The summed E-state index contributed by atoms with van der Waals surface area (Å²) in [6.45, 7) is 0. The molecule has 0 fully saturated rings. The Labute approximate surface area is 113 Å². The first-order valence-electron chi connectivity index (χ1n) is 5.75. The first-order valence-corrected chi connectivity index (χ1v) is 6.54. The average molecular weight is 302 g/mol. The molecular formula is C15H12BrNO. The quantitative estimate of drug-likeness (QED) is 0.737. The summed E-state index contributed by atoms with van der Waals surface area (Å²) in [5.41, 5.74) is 2.83. The van der Waals surface area contributed by atoms with Crippen LogP contribution in [0.2, 0.25) is 0 Å². The molecule has 0 bridgehead atoms. The Hall–Kier alpha value is -1.58. The Kier molecular flexibility index (Phi) is 2.94. The van der Waals surface area contributed by atoms with Gasteiger partial charge >= 0.3 is 0 Å².